The van der Waals surface area contributed by atoms with E-state index in [1.807, 2.05) is 25.7 Å². The molecule has 0 atom stereocenters. The summed E-state index contributed by atoms with van der Waals surface area (Å²) in [5, 5.41) is 0. The van der Waals surface area contributed by atoms with Crippen molar-refractivity contribution in [3.05, 3.63) is 0 Å². The molecule has 2 aliphatic rings. The van der Waals surface area contributed by atoms with E-state index in [2.05, 4.69) is 6.92 Å². The van der Waals surface area contributed by atoms with Crippen LogP contribution in [-0.2, 0) is 4.74 Å². The molecule has 1 amide bonds. The molecule has 0 unspecified atom stereocenters. The van der Waals surface area contributed by atoms with Crippen LogP contribution < -0.4 is 5.73 Å². The lowest BCUT2D eigenvalue weighted by molar-refractivity contribution is -0.132. The summed E-state index contributed by atoms with van der Waals surface area (Å²) in [5.74, 6) is 0. The third-order valence-corrected chi connectivity index (χ3v) is 3.99. The predicted octanol–water partition coefficient (Wildman–Crippen LogP) is 2.12. The van der Waals surface area contributed by atoms with E-state index in [4.69, 9.17) is 10.5 Å². The van der Waals surface area contributed by atoms with Crippen molar-refractivity contribution in [2.24, 2.45) is 11.1 Å². The maximum atomic E-state index is 12.0. The van der Waals surface area contributed by atoms with Gasteiger partial charge < -0.3 is 15.4 Å². The number of carbonyl (C=O) groups is 1. The molecule has 2 fully saturated rings. The average Bonchev–Trinajstić information content (AvgIpc) is 2.07. The second-order valence-corrected chi connectivity index (χ2v) is 6.97. The van der Waals surface area contributed by atoms with Gasteiger partial charge in [0.1, 0.15) is 5.60 Å². The van der Waals surface area contributed by atoms with Gasteiger partial charge in [0.2, 0.25) is 0 Å². The fourth-order valence-electron chi connectivity index (χ4n) is 3.19. The zero-order chi connectivity index (χ0) is 12.9. The second-order valence-electron chi connectivity index (χ2n) is 6.97. The molecule has 1 saturated heterocycles. The highest BCUT2D eigenvalue weighted by Gasteiger charge is 2.60. The first-order valence-electron chi connectivity index (χ1n) is 6.41. The summed E-state index contributed by atoms with van der Waals surface area (Å²) < 4.78 is 5.43. The summed E-state index contributed by atoms with van der Waals surface area (Å²) in [6, 6.07) is 0. The molecule has 4 heteroatoms. The van der Waals surface area contributed by atoms with Crippen molar-refractivity contribution in [3.8, 4) is 0 Å². The van der Waals surface area contributed by atoms with Crippen molar-refractivity contribution < 1.29 is 9.53 Å². The van der Waals surface area contributed by atoms with Gasteiger partial charge in [-0.3, -0.25) is 0 Å². The molecule has 2 rings (SSSR count). The minimum absolute atomic E-state index is 0.0659. The number of ether oxygens (including phenoxy) is 1. The Morgan fingerprint density at radius 3 is 2.35 bits per heavy atom. The van der Waals surface area contributed by atoms with Gasteiger partial charge in [-0.05, 0) is 52.0 Å². The fraction of sp³-hybridized carbons (Fsp3) is 0.923. The van der Waals surface area contributed by atoms with Crippen LogP contribution in [0.1, 0.15) is 47.0 Å². The maximum absolute atomic E-state index is 12.0. The Hall–Kier alpha value is -0.770. The monoisotopic (exact) mass is 240 g/mol. The SMILES string of the molecule is CC1(CN)CC2(CCN2C(=O)OC(C)(C)C)C1. The van der Waals surface area contributed by atoms with Crippen LogP contribution in [0.25, 0.3) is 0 Å². The van der Waals surface area contributed by atoms with Crippen LogP contribution in [0.5, 0.6) is 0 Å². The largest absolute Gasteiger partial charge is 0.444 e. The Morgan fingerprint density at radius 1 is 1.41 bits per heavy atom. The molecule has 1 heterocycles. The Balaban J connectivity index is 1.95. The van der Waals surface area contributed by atoms with Gasteiger partial charge in [-0.1, -0.05) is 6.92 Å². The van der Waals surface area contributed by atoms with Crippen LogP contribution in [0, 0.1) is 5.41 Å². The number of amides is 1. The normalized spacial score (nSPS) is 36.4. The first-order chi connectivity index (χ1) is 7.70. The van der Waals surface area contributed by atoms with E-state index in [9.17, 15) is 4.79 Å². The lowest BCUT2D eigenvalue weighted by Gasteiger charge is -2.65. The van der Waals surface area contributed by atoms with Gasteiger partial charge >= 0.3 is 6.09 Å². The minimum atomic E-state index is -0.408. The van der Waals surface area contributed by atoms with Crippen molar-refractivity contribution in [1.82, 2.24) is 4.90 Å². The smallest absolute Gasteiger partial charge is 0.410 e. The number of hydrogen-bond donors (Lipinski definition) is 1. The third kappa shape index (κ3) is 2.15. The number of carbonyl (C=O) groups excluding carboxylic acids is 1. The van der Waals surface area contributed by atoms with Crippen LogP contribution >= 0.6 is 0 Å². The van der Waals surface area contributed by atoms with Crippen LogP contribution in [0.3, 0.4) is 0 Å². The molecular formula is C13H24N2O2. The van der Waals surface area contributed by atoms with E-state index in [1.54, 1.807) is 0 Å². The number of hydrogen-bond acceptors (Lipinski definition) is 3. The van der Waals surface area contributed by atoms with Crippen LogP contribution in [0.15, 0.2) is 0 Å². The molecule has 1 aliphatic carbocycles. The molecular weight excluding hydrogens is 216 g/mol. The summed E-state index contributed by atoms with van der Waals surface area (Å²) in [5.41, 5.74) is 5.64. The minimum Gasteiger partial charge on any atom is -0.444 e. The maximum Gasteiger partial charge on any atom is 0.410 e. The highest BCUT2D eigenvalue weighted by atomic mass is 16.6. The fourth-order valence-corrected chi connectivity index (χ4v) is 3.19. The van der Waals surface area contributed by atoms with E-state index < -0.39 is 5.60 Å². The molecule has 0 aromatic carbocycles. The van der Waals surface area contributed by atoms with E-state index in [0.717, 1.165) is 25.8 Å². The molecule has 0 radical (unpaired) electrons. The first kappa shape index (κ1) is 12.7. The van der Waals surface area contributed by atoms with Gasteiger partial charge in [0.05, 0.1) is 0 Å². The number of nitrogens with two attached hydrogens (primary N) is 1. The highest BCUT2D eigenvalue weighted by molar-refractivity contribution is 5.71. The molecule has 1 aliphatic heterocycles. The zero-order valence-electron chi connectivity index (χ0n) is 11.4. The third-order valence-electron chi connectivity index (χ3n) is 3.99. The molecule has 98 valence electrons. The number of rotatable bonds is 1. The number of nitrogens with zero attached hydrogens (tertiary/aromatic N) is 1. The van der Waals surface area contributed by atoms with E-state index >= 15 is 0 Å². The van der Waals surface area contributed by atoms with Gasteiger partial charge in [0.15, 0.2) is 0 Å². The topological polar surface area (TPSA) is 55.6 Å². The van der Waals surface area contributed by atoms with Gasteiger partial charge in [-0.2, -0.15) is 0 Å². The van der Waals surface area contributed by atoms with E-state index in [1.165, 1.54) is 0 Å². The van der Waals surface area contributed by atoms with Gasteiger partial charge in [-0.15, -0.1) is 0 Å². The molecule has 1 spiro atoms. The zero-order valence-corrected chi connectivity index (χ0v) is 11.4. The summed E-state index contributed by atoms with van der Waals surface area (Å²) >= 11 is 0. The van der Waals surface area contributed by atoms with Gasteiger partial charge in [0, 0.05) is 12.1 Å². The summed E-state index contributed by atoms with van der Waals surface area (Å²) in [7, 11) is 0. The second kappa shape index (κ2) is 3.61. The van der Waals surface area contributed by atoms with Crippen molar-refractivity contribution in [1.29, 1.82) is 0 Å². The first-order valence-corrected chi connectivity index (χ1v) is 6.41. The molecule has 0 aromatic heterocycles. The summed E-state index contributed by atoms with van der Waals surface area (Å²) in [4.78, 5) is 13.9. The number of likely N-dealkylation sites (tertiary alicyclic amines) is 1. The summed E-state index contributed by atoms with van der Waals surface area (Å²) in [6.45, 7) is 9.45. The van der Waals surface area contributed by atoms with Crippen LogP contribution in [0.2, 0.25) is 0 Å². The van der Waals surface area contributed by atoms with E-state index in [0.29, 0.717) is 6.54 Å². The Morgan fingerprint density at radius 2 is 2.00 bits per heavy atom. The molecule has 17 heavy (non-hydrogen) atoms. The quantitative estimate of drug-likeness (QED) is 0.764. The van der Waals surface area contributed by atoms with Crippen molar-refractivity contribution in [3.63, 3.8) is 0 Å². The van der Waals surface area contributed by atoms with Crippen molar-refractivity contribution in [2.45, 2.75) is 58.1 Å². The lowest BCUT2D eigenvalue weighted by Crippen LogP contribution is -2.72. The Kier molecular flexibility index (Phi) is 2.69. The van der Waals surface area contributed by atoms with E-state index in [-0.39, 0.29) is 17.0 Å². The average molecular weight is 240 g/mol. The Labute approximate surface area is 103 Å². The van der Waals surface area contributed by atoms with Crippen LogP contribution in [-0.4, -0.2) is 35.2 Å². The molecule has 0 bridgehead atoms. The predicted molar refractivity (Wildman–Crippen MR) is 66.7 cm³/mol. The lowest BCUT2D eigenvalue weighted by atomic mass is 9.53. The van der Waals surface area contributed by atoms with Crippen LogP contribution in [0.4, 0.5) is 4.79 Å². The molecule has 1 saturated carbocycles. The molecule has 4 nitrogen and oxygen atoms in total. The molecule has 0 aromatic rings. The van der Waals surface area contributed by atoms with Crippen molar-refractivity contribution >= 4 is 6.09 Å². The van der Waals surface area contributed by atoms with Gasteiger partial charge in [-0.25, -0.2) is 4.79 Å². The summed E-state index contributed by atoms with van der Waals surface area (Å²) in [6.07, 6.45) is 2.98. The highest BCUT2D eigenvalue weighted by Crippen LogP contribution is 2.57. The Bertz CT molecular complexity index is 327. The van der Waals surface area contributed by atoms with Crippen molar-refractivity contribution in [2.75, 3.05) is 13.1 Å². The van der Waals surface area contributed by atoms with Gasteiger partial charge in [0.25, 0.3) is 0 Å². The molecule has 2 N–H and O–H groups in total. The standard InChI is InChI=1S/C13H24N2O2/c1-11(2,3)17-10(16)15-6-5-13(15)7-12(4,8-13)9-14/h5-9,14H2,1-4H3.